The van der Waals surface area contributed by atoms with Crippen LogP contribution in [0.3, 0.4) is 0 Å². The fourth-order valence-electron chi connectivity index (χ4n) is 5.26. The van der Waals surface area contributed by atoms with Crippen LogP contribution in [0, 0.1) is 23.3 Å². The predicted octanol–water partition coefficient (Wildman–Crippen LogP) is 4.71. The maximum absolute atomic E-state index is 16.1. The summed E-state index contributed by atoms with van der Waals surface area (Å²) in [6.45, 7) is 0. The second kappa shape index (κ2) is 9.08. The number of nitrogens with zero attached hydrogens (tertiary/aromatic N) is 2. The molecule has 0 fully saturated rings. The molecule has 2 aliphatic rings. The number of hydrogen-bond donors (Lipinski definition) is 0. The summed E-state index contributed by atoms with van der Waals surface area (Å²) in [5.74, 6) is -5.39. The minimum atomic E-state index is -6.61. The molecule has 0 aliphatic heterocycles. The topological polar surface area (TPSA) is 75.9 Å². The van der Waals surface area contributed by atoms with Crippen molar-refractivity contribution >= 4 is 35.5 Å². The van der Waals surface area contributed by atoms with Crippen LogP contribution in [-0.2, 0) is 29.2 Å². The quantitative estimate of drug-likeness (QED) is 0.243. The number of benzene rings is 2. The molecule has 0 amide bonds. The molecule has 5 nitrogen and oxygen atoms in total. The average Bonchev–Trinajstić information content (AvgIpc) is 3.57. The van der Waals surface area contributed by atoms with Gasteiger partial charge in [0, 0.05) is 0 Å². The first-order chi connectivity index (χ1) is 16.9. The van der Waals surface area contributed by atoms with Crippen LogP contribution in [0.15, 0.2) is 82.9 Å². The third kappa shape index (κ3) is 3.23. The van der Waals surface area contributed by atoms with Crippen molar-refractivity contribution in [1.29, 1.82) is 0 Å². The van der Waals surface area contributed by atoms with E-state index in [1.807, 2.05) is 4.18 Å². The summed E-state index contributed by atoms with van der Waals surface area (Å²) in [4.78, 5) is 41.7. The van der Waals surface area contributed by atoms with Gasteiger partial charge in [0.05, 0.1) is 0 Å². The molecule has 4 rings (SSSR count). The van der Waals surface area contributed by atoms with Crippen LogP contribution in [0.2, 0.25) is 8.45 Å². The van der Waals surface area contributed by atoms with Gasteiger partial charge in [-0.05, 0) is 0 Å². The molecular formula is C25H14F4N2O3Ti. The Hall–Kier alpha value is -3.83. The van der Waals surface area contributed by atoms with Crippen molar-refractivity contribution in [3.63, 3.8) is 0 Å². The molecule has 2 aromatic rings. The van der Waals surface area contributed by atoms with E-state index in [2.05, 4.69) is 9.98 Å². The van der Waals surface area contributed by atoms with Crippen molar-refractivity contribution in [2.24, 2.45) is 9.98 Å². The molecule has 10 heteroatoms. The second-order valence-electron chi connectivity index (χ2n) is 8.02. The minimum absolute atomic E-state index is 0.665. The van der Waals surface area contributed by atoms with Crippen molar-refractivity contribution in [3.8, 4) is 0 Å². The van der Waals surface area contributed by atoms with Crippen LogP contribution in [0.25, 0.3) is 0 Å². The molecule has 2 aliphatic carbocycles. The molecule has 0 spiro atoms. The van der Waals surface area contributed by atoms with E-state index in [9.17, 15) is 14.4 Å². The van der Waals surface area contributed by atoms with Gasteiger partial charge in [0.25, 0.3) is 0 Å². The molecule has 0 atom stereocenters. The van der Waals surface area contributed by atoms with Crippen LogP contribution in [0.4, 0.5) is 28.9 Å². The normalized spacial score (nSPS) is 15.2. The molecule has 0 heterocycles. The van der Waals surface area contributed by atoms with Gasteiger partial charge in [0.2, 0.25) is 0 Å². The number of allylic oxidation sites excluding steroid dienone is 8. The van der Waals surface area contributed by atoms with Crippen molar-refractivity contribution in [1.82, 2.24) is 0 Å². The molecule has 0 saturated carbocycles. The van der Waals surface area contributed by atoms with Crippen molar-refractivity contribution < 1.29 is 46.8 Å². The van der Waals surface area contributed by atoms with Crippen molar-refractivity contribution in [2.45, 2.75) is 8.45 Å². The summed E-state index contributed by atoms with van der Waals surface area (Å²) in [5.41, 5.74) is -1.33. The molecule has 0 unspecified atom stereocenters. The number of aliphatic imine (C=N–C) groups is 2. The first kappa shape index (κ1) is 24.3. The Morgan fingerprint density at radius 1 is 0.629 bits per heavy atom. The van der Waals surface area contributed by atoms with Gasteiger partial charge in [-0.2, -0.15) is 0 Å². The zero-order valence-corrected chi connectivity index (χ0v) is 19.3. The summed E-state index contributed by atoms with van der Waals surface area (Å²) >= 11 is -6.61. The molecule has 0 aromatic heterocycles. The van der Waals surface area contributed by atoms with Gasteiger partial charge in [-0.15, -0.1) is 0 Å². The Balaban J connectivity index is 2.42. The third-order valence-corrected chi connectivity index (χ3v) is 17.7. The van der Waals surface area contributed by atoms with Gasteiger partial charge >= 0.3 is 197 Å². The van der Waals surface area contributed by atoms with Crippen LogP contribution < -0.4 is 7.74 Å². The number of isocyanates is 2. The number of carbonyl (C=O) groups excluding carboxylic acids is 3. The van der Waals surface area contributed by atoms with E-state index in [0.29, 0.717) is 0 Å². The van der Waals surface area contributed by atoms with Gasteiger partial charge in [0.15, 0.2) is 0 Å². The molecule has 35 heavy (non-hydrogen) atoms. The van der Waals surface area contributed by atoms with E-state index >= 15 is 17.6 Å². The maximum atomic E-state index is 16.1. The number of halogens is 4. The van der Waals surface area contributed by atoms with Gasteiger partial charge in [-0.3, -0.25) is 0 Å². The summed E-state index contributed by atoms with van der Waals surface area (Å²) < 4.78 is 61.3. The van der Waals surface area contributed by atoms with Crippen LogP contribution in [0.5, 0.6) is 0 Å². The first-order valence-corrected chi connectivity index (χ1v) is 14.4. The standard InChI is InChI=1S/2C7H2F2NO.2C5H5.CO.Ti/c2*8-5-1-2-7(10-4-11)6(9)3-5;2*1-2-4-5-3-1;1-2;/h2*1-2H;2*1-5H;;. The molecule has 174 valence electrons. The van der Waals surface area contributed by atoms with Crippen LogP contribution >= 0.6 is 0 Å². The van der Waals surface area contributed by atoms with Crippen LogP contribution in [-0.4, -0.2) is 16.3 Å². The zero-order chi connectivity index (χ0) is 25.2. The zero-order valence-electron chi connectivity index (χ0n) is 17.7. The Morgan fingerprint density at radius 3 is 1.31 bits per heavy atom. The summed E-state index contributed by atoms with van der Waals surface area (Å²) in [6, 6.07) is 3.24. The van der Waals surface area contributed by atoms with Gasteiger partial charge < -0.3 is 0 Å². The molecular weight excluding hydrogens is 500 g/mol. The number of hydrogen-bond acceptors (Lipinski definition) is 5. The third-order valence-electron chi connectivity index (χ3n) is 6.65. The molecule has 0 bridgehead atoms. The van der Waals surface area contributed by atoms with Gasteiger partial charge in [-0.1, -0.05) is 0 Å². The first-order valence-electron chi connectivity index (χ1n) is 10.2. The fourth-order valence-corrected chi connectivity index (χ4v) is 16.1. The average molecular weight is 514 g/mol. The summed E-state index contributed by atoms with van der Waals surface area (Å²) in [5, 5.41) is 0. The molecule has 0 saturated heterocycles. The van der Waals surface area contributed by atoms with Gasteiger partial charge in [-0.25, -0.2) is 0 Å². The molecule has 0 N–H and O–H groups in total. The molecule has 2 aromatic carbocycles. The van der Waals surface area contributed by atoms with E-state index in [0.717, 1.165) is 36.4 Å². The Kier molecular flexibility index (Phi) is 6.31. The Labute approximate surface area is 196 Å². The monoisotopic (exact) mass is 514 g/mol. The van der Waals surface area contributed by atoms with Crippen molar-refractivity contribution in [2.75, 3.05) is 0 Å². The van der Waals surface area contributed by atoms with E-state index < -0.39 is 65.7 Å². The Morgan fingerprint density at radius 2 is 1.00 bits per heavy atom. The van der Waals surface area contributed by atoms with E-state index in [1.165, 1.54) is 48.6 Å². The predicted molar refractivity (Wildman–Crippen MR) is 117 cm³/mol. The van der Waals surface area contributed by atoms with Gasteiger partial charge in [0.1, 0.15) is 0 Å². The number of rotatable bonds is 6. The molecule has 0 radical (unpaired) electrons. The van der Waals surface area contributed by atoms with Crippen molar-refractivity contribution in [3.05, 3.63) is 96.1 Å². The Bertz CT molecular complexity index is 1440. The van der Waals surface area contributed by atoms with Crippen LogP contribution in [0.1, 0.15) is 0 Å². The summed E-state index contributed by atoms with van der Waals surface area (Å²) in [6.07, 6.45) is 13.9. The van der Waals surface area contributed by atoms with E-state index in [4.69, 9.17) is 0 Å². The SMILES string of the molecule is O=C=Nc1ccc(F)[c]([Ti](=[C]=O)([c]2c(F)ccc(N=C=O)c2F)([CH]2C=CC=C2)[CH]2C=CC=C2)c1F. The fraction of sp³-hybridized carbons (Fsp3) is 0.0800. The van der Waals surface area contributed by atoms with E-state index in [1.54, 1.807) is 0 Å². The second-order valence-corrected chi connectivity index (χ2v) is 16.4. The van der Waals surface area contributed by atoms with E-state index in [-0.39, 0.29) is 0 Å². The summed E-state index contributed by atoms with van der Waals surface area (Å²) in [7, 11) is 0.